The number of rotatable bonds is 4. The van der Waals surface area contributed by atoms with Crippen LogP contribution in [0.4, 0.5) is 0 Å². The molecule has 0 saturated heterocycles. The number of hydrogen-bond acceptors (Lipinski definition) is 8. The molecule has 0 spiro atoms. The van der Waals surface area contributed by atoms with E-state index in [1.807, 2.05) is 24.3 Å². The number of hydrogen-bond donors (Lipinski definition) is 3. The van der Waals surface area contributed by atoms with Crippen LogP contribution in [-0.2, 0) is 4.79 Å². The second-order valence-electron chi connectivity index (χ2n) is 8.70. The van der Waals surface area contributed by atoms with Gasteiger partial charge in [0.25, 0.3) is 0 Å². The molecule has 5 aromatic rings. The minimum atomic E-state index is -0.558. The van der Waals surface area contributed by atoms with Crippen LogP contribution >= 0.6 is 0 Å². The van der Waals surface area contributed by atoms with Gasteiger partial charge in [0.15, 0.2) is 0 Å². The van der Waals surface area contributed by atoms with Gasteiger partial charge in [-0.2, -0.15) is 5.10 Å². The third kappa shape index (κ3) is 3.68. The van der Waals surface area contributed by atoms with E-state index >= 15 is 0 Å². The number of carbonyl (C=O) groups excluding carboxylic acids is 1. The number of H-pyrrole nitrogens is 1. The van der Waals surface area contributed by atoms with Crippen molar-refractivity contribution in [3.8, 4) is 45.4 Å². The van der Waals surface area contributed by atoms with Crippen molar-refractivity contribution in [3.05, 3.63) is 88.4 Å². The predicted molar refractivity (Wildman–Crippen MR) is 134 cm³/mol. The van der Waals surface area contributed by atoms with Gasteiger partial charge in [-0.05, 0) is 42.0 Å². The van der Waals surface area contributed by atoms with Crippen LogP contribution < -0.4 is 14.9 Å². The van der Waals surface area contributed by atoms with E-state index in [9.17, 15) is 19.8 Å². The Bertz CT molecular complexity index is 1720. The first-order valence-electron chi connectivity index (χ1n) is 11.4. The molecule has 9 nitrogen and oxygen atoms in total. The van der Waals surface area contributed by atoms with Gasteiger partial charge in [-0.1, -0.05) is 12.1 Å². The average molecular weight is 496 g/mol. The number of phenolic OH excluding ortho intramolecular Hbond substituents is 2. The van der Waals surface area contributed by atoms with Crippen molar-refractivity contribution in [2.45, 2.75) is 12.3 Å². The molecule has 3 N–H and O–H groups in total. The van der Waals surface area contributed by atoms with Crippen molar-refractivity contribution < 1.29 is 28.9 Å². The summed E-state index contributed by atoms with van der Waals surface area (Å²) in [7, 11) is 1.59. The Morgan fingerprint density at radius 1 is 1.03 bits per heavy atom. The molecule has 0 saturated carbocycles. The highest BCUT2D eigenvalue weighted by Crippen LogP contribution is 2.47. The lowest BCUT2D eigenvalue weighted by Crippen LogP contribution is -2.22. The highest BCUT2D eigenvalue weighted by Gasteiger charge is 2.35. The Morgan fingerprint density at radius 2 is 1.76 bits per heavy atom. The van der Waals surface area contributed by atoms with E-state index in [0.717, 1.165) is 5.56 Å². The molecule has 1 atom stereocenters. The topological polar surface area (TPSA) is 135 Å². The van der Waals surface area contributed by atoms with Gasteiger partial charge in [0.2, 0.25) is 5.43 Å². The summed E-state index contributed by atoms with van der Waals surface area (Å²) in [6.45, 7) is 0. The fourth-order valence-corrected chi connectivity index (χ4v) is 4.79. The number of aromatic amines is 1. The highest BCUT2D eigenvalue weighted by atomic mass is 16.5. The van der Waals surface area contributed by atoms with E-state index in [1.165, 1.54) is 24.5 Å². The maximum absolute atomic E-state index is 13.5. The summed E-state index contributed by atoms with van der Waals surface area (Å²) < 4.78 is 16.7. The molecule has 6 rings (SSSR count). The third-order valence-electron chi connectivity index (χ3n) is 6.57. The average Bonchev–Trinajstić information content (AvgIpc) is 3.39. The number of fused-ring (bicyclic) bond motifs is 3. The second-order valence-corrected chi connectivity index (χ2v) is 8.70. The Labute approximate surface area is 209 Å². The molecule has 0 aliphatic carbocycles. The summed E-state index contributed by atoms with van der Waals surface area (Å²) in [5.74, 6) is -0.528. The van der Waals surface area contributed by atoms with E-state index in [0.29, 0.717) is 28.1 Å². The molecule has 1 aliphatic heterocycles. The quantitative estimate of drug-likeness (QED) is 0.241. The Balaban J connectivity index is 1.55. The largest absolute Gasteiger partial charge is 0.508 e. The molecule has 0 amide bonds. The number of nitrogens with zero attached hydrogens (tertiary/aromatic N) is 1. The van der Waals surface area contributed by atoms with Gasteiger partial charge < -0.3 is 24.1 Å². The molecule has 9 heteroatoms. The van der Waals surface area contributed by atoms with Crippen molar-refractivity contribution in [1.82, 2.24) is 10.2 Å². The summed E-state index contributed by atoms with van der Waals surface area (Å²) in [6, 6.07) is 14.7. The lowest BCUT2D eigenvalue weighted by molar-refractivity contribution is -0.135. The number of aromatic nitrogens is 2. The maximum atomic E-state index is 13.5. The summed E-state index contributed by atoms with van der Waals surface area (Å²) in [5.41, 5.74) is 3.11. The molecule has 0 fully saturated rings. The number of nitrogens with one attached hydrogen (secondary N) is 1. The number of esters is 1. The van der Waals surface area contributed by atoms with Crippen LogP contribution in [0.5, 0.6) is 23.0 Å². The molecular formula is C28H20N2O7. The van der Waals surface area contributed by atoms with Crippen LogP contribution in [0.15, 0.2) is 76.3 Å². The highest BCUT2D eigenvalue weighted by molar-refractivity contribution is 5.94. The predicted octanol–water partition coefficient (Wildman–Crippen LogP) is 4.71. The molecular weight excluding hydrogens is 476 g/mol. The van der Waals surface area contributed by atoms with Gasteiger partial charge in [0.05, 0.1) is 31.0 Å². The Hall–Kier alpha value is -5.05. The summed E-state index contributed by atoms with van der Waals surface area (Å²) >= 11 is 0. The molecule has 2 aromatic heterocycles. The third-order valence-corrected chi connectivity index (χ3v) is 6.57. The van der Waals surface area contributed by atoms with E-state index < -0.39 is 17.3 Å². The van der Waals surface area contributed by atoms with Gasteiger partial charge in [0, 0.05) is 28.7 Å². The molecule has 3 heterocycles. The molecule has 37 heavy (non-hydrogen) atoms. The monoisotopic (exact) mass is 496 g/mol. The first-order chi connectivity index (χ1) is 17.9. The number of carbonyl (C=O) groups is 1. The van der Waals surface area contributed by atoms with Crippen LogP contribution in [0.3, 0.4) is 0 Å². The van der Waals surface area contributed by atoms with E-state index in [4.69, 9.17) is 13.9 Å². The van der Waals surface area contributed by atoms with Crippen LogP contribution in [0, 0.1) is 0 Å². The fraction of sp³-hybridized carbons (Fsp3) is 0.107. The van der Waals surface area contributed by atoms with Crippen LogP contribution in [0.1, 0.15) is 23.5 Å². The summed E-state index contributed by atoms with van der Waals surface area (Å²) in [4.78, 5) is 26.1. The van der Waals surface area contributed by atoms with Crippen LogP contribution in [-0.4, -0.2) is 33.5 Å². The van der Waals surface area contributed by atoms with Crippen molar-refractivity contribution in [3.63, 3.8) is 0 Å². The first kappa shape index (κ1) is 22.4. The minimum Gasteiger partial charge on any atom is -0.508 e. The minimum absolute atomic E-state index is 0.0149. The lowest BCUT2D eigenvalue weighted by atomic mass is 9.84. The van der Waals surface area contributed by atoms with Crippen molar-refractivity contribution in [2.24, 2.45) is 0 Å². The second kappa shape index (κ2) is 8.56. The van der Waals surface area contributed by atoms with Crippen LogP contribution in [0.25, 0.3) is 33.4 Å². The molecule has 1 aliphatic rings. The van der Waals surface area contributed by atoms with Gasteiger partial charge in [-0.25, -0.2) is 0 Å². The molecule has 0 radical (unpaired) electrons. The Kier molecular flexibility index (Phi) is 5.19. The zero-order valence-corrected chi connectivity index (χ0v) is 19.5. The first-order valence-corrected chi connectivity index (χ1v) is 11.4. The maximum Gasteiger partial charge on any atom is 0.312 e. The van der Waals surface area contributed by atoms with Crippen molar-refractivity contribution >= 4 is 16.9 Å². The summed E-state index contributed by atoms with van der Waals surface area (Å²) in [5, 5.41) is 27.6. The van der Waals surface area contributed by atoms with Crippen molar-refractivity contribution in [2.75, 3.05) is 7.11 Å². The van der Waals surface area contributed by atoms with Gasteiger partial charge in [-0.15, -0.1) is 0 Å². The fourth-order valence-electron chi connectivity index (χ4n) is 4.79. The standard InChI is InChI=1S/C28H20N2O7/c1-35-17-8-4-15(5-9-17)26-19(12-29-30-26)18-10-23(33)37-22-11-21(32)25-27(34)20(13-36-28(25)24(18)22)14-2-6-16(31)7-3-14/h2-9,11-13,18,31-32H,10H2,1H3,(H,29,30). The van der Waals surface area contributed by atoms with Gasteiger partial charge in [-0.3, -0.25) is 14.7 Å². The zero-order valence-electron chi connectivity index (χ0n) is 19.5. The molecule has 3 aromatic carbocycles. The number of phenols is 2. The molecule has 1 unspecified atom stereocenters. The summed E-state index contributed by atoms with van der Waals surface area (Å²) in [6.07, 6.45) is 2.93. The van der Waals surface area contributed by atoms with Crippen LogP contribution in [0.2, 0.25) is 0 Å². The lowest BCUT2D eigenvalue weighted by Gasteiger charge is -2.25. The van der Waals surface area contributed by atoms with Gasteiger partial charge >= 0.3 is 5.97 Å². The number of aromatic hydroxyl groups is 2. The number of ether oxygens (including phenoxy) is 2. The van der Waals surface area contributed by atoms with E-state index in [2.05, 4.69) is 10.2 Å². The van der Waals surface area contributed by atoms with E-state index in [-0.39, 0.29) is 40.2 Å². The van der Waals surface area contributed by atoms with Crippen molar-refractivity contribution in [1.29, 1.82) is 0 Å². The van der Waals surface area contributed by atoms with E-state index in [1.54, 1.807) is 25.4 Å². The smallest absolute Gasteiger partial charge is 0.312 e. The normalized spacial score (nSPS) is 14.8. The number of benzene rings is 3. The van der Waals surface area contributed by atoms with Gasteiger partial charge in [0.1, 0.15) is 40.2 Å². The zero-order chi connectivity index (χ0) is 25.7. The SMILES string of the molecule is COc1ccc(-c2[nH]ncc2C2CC(=O)Oc3cc(O)c4c(=O)c(-c5ccc(O)cc5)coc4c32)cc1. The number of methoxy groups -OCH3 is 1. The molecule has 0 bridgehead atoms. The Morgan fingerprint density at radius 3 is 2.49 bits per heavy atom. The molecule has 184 valence electrons.